The lowest BCUT2D eigenvalue weighted by Gasteiger charge is -2.22. The van der Waals surface area contributed by atoms with Crippen LogP contribution in [0.5, 0.6) is 0 Å². The van der Waals surface area contributed by atoms with Gasteiger partial charge < -0.3 is 5.73 Å². The summed E-state index contributed by atoms with van der Waals surface area (Å²) >= 11 is 0. The van der Waals surface area contributed by atoms with Gasteiger partial charge in [-0.2, -0.15) is 5.10 Å². The molecule has 3 nitrogen and oxygen atoms in total. The Bertz CT molecular complexity index is 356. The monoisotopic (exact) mass is 221 g/mol. The van der Waals surface area contributed by atoms with E-state index in [0.717, 1.165) is 25.3 Å². The fraction of sp³-hybridized carbons (Fsp3) is 0.769. The molecule has 0 aromatic carbocycles. The molecule has 16 heavy (non-hydrogen) atoms. The molecule has 0 unspecified atom stereocenters. The van der Waals surface area contributed by atoms with Crippen molar-refractivity contribution in [2.24, 2.45) is 5.73 Å². The predicted octanol–water partition coefficient (Wildman–Crippen LogP) is 2.41. The average Bonchev–Trinajstić information content (AvgIpc) is 2.94. The van der Waals surface area contributed by atoms with Gasteiger partial charge in [0.1, 0.15) is 0 Å². The molecule has 1 fully saturated rings. The molecule has 1 heterocycles. The summed E-state index contributed by atoms with van der Waals surface area (Å²) in [6.45, 7) is 7.41. The molecule has 3 heteroatoms. The second-order valence-corrected chi connectivity index (χ2v) is 5.81. The summed E-state index contributed by atoms with van der Waals surface area (Å²) in [5.74, 6) is 0.762. The molecule has 2 rings (SSSR count). The average molecular weight is 221 g/mol. The zero-order chi connectivity index (χ0) is 11.8. The lowest BCUT2D eigenvalue weighted by Crippen LogP contribution is -2.25. The van der Waals surface area contributed by atoms with E-state index < -0.39 is 0 Å². The fourth-order valence-electron chi connectivity index (χ4n) is 2.06. The molecule has 0 spiro atoms. The van der Waals surface area contributed by atoms with Gasteiger partial charge in [-0.05, 0) is 59.1 Å². The normalized spacial score (nSPS) is 16.8. The lowest BCUT2D eigenvalue weighted by atomic mass is 10.1. The van der Waals surface area contributed by atoms with Gasteiger partial charge in [-0.1, -0.05) is 0 Å². The Hall–Kier alpha value is -0.830. The highest BCUT2D eigenvalue weighted by Gasteiger charge is 2.31. The Labute approximate surface area is 98.0 Å². The van der Waals surface area contributed by atoms with Crippen LogP contribution in [0.3, 0.4) is 0 Å². The highest BCUT2D eigenvalue weighted by molar-refractivity contribution is 5.20. The summed E-state index contributed by atoms with van der Waals surface area (Å²) in [6, 6.07) is 2.29. The topological polar surface area (TPSA) is 43.8 Å². The van der Waals surface area contributed by atoms with Gasteiger partial charge >= 0.3 is 0 Å². The Morgan fingerprint density at radius 1 is 1.44 bits per heavy atom. The maximum absolute atomic E-state index is 5.54. The second-order valence-electron chi connectivity index (χ2n) is 5.81. The molecule has 1 aliphatic rings. The quantitative estimate of drug-likeness (QED) is 0.848. The number of hydrogen-bond acceptors (Lipinski definition) is 2. The number of hydrogen-bond donors (Lipinski definition) is 1. The molecule has 1 aliphatic carbocycles. The van der Waals surface area contributed by atoms with Gasteiger partial charge in [0.2, 0.25) is 0 Å². The molecule has 2 N–H and O–H groups in total. The number of nitrogens with two attached hydrogens (primary N) is 1. The van der Waals surface area contributed by atoms with Crippen LogP contribution in [0.2, 0.25) is 0 Å². The first-order valence-corrected chi connectivity index (χ1v) is 6.32. The second kappa shape index (κ2) is 4.21. The molecule has 0 atom stereocenters. The zero-order valence-electron chi connectivity index (χ0n) is 10.7. The van der Waals surface area contributed by atoms with E-state index in [-0.39, 0.29) is 5.54 Å². The van der Waals surface area contributed by atoms with Gasteiger partial charge in [-0.25, -0.2) is 0 Å². The molecular weight excluding hydrogens is 198 g/mol. The third-order valence-electron chi connectivity index (χ3n) is 3.06. The van der Waals surface area contributed by atoms with Crippen molar-refractivity contribution in [3.63, 3.8) is 0 Å². The minimum absolute atomic E-state index is 0.0961. The predicted molar refractivity (Wildman–Crippen MR) is 66.6 cm³/mol. The van der Waals surface area contributed by atoms with Crippen molar-refractivity contribution < 1.29 is 0 Å². The molecule has 1 aromatic heterocycles. The third kappa shape index (κ3) is 2.46. The van der Waals surface area contributed by atoms with Gasteiger partial charge in [0.05, 0.1) is 11.2 Å². The van der Waals surface area contributed by atoms with Gasteiger partial charge in [0, 0.05) is 11.6 Å². The van der Waals surface area contributed by atoms with Gasteiger partial charge in [-0.3, -0.25) is 4.68 Å². The highest BCUT2D eigenvalue weighted by Crippen LogP contribution is 2.41. The minimum atomic E-state index is 0.0961. The summed E-state index contributed by atoms with van der Waals surface area (Å²) in [5, 5.41) is 4.74. The Balaban J connectivity index is 2.23. The number of aryl methyl sites for hydroxylation is 1. The van der Waals surface area contributed by atoms with Crippen LogP contribution in [0.25, 0.3) is 0 Å². The fourth-order valence-corrected chi connectivity index (χ4v) is 2.06. The maximum Gasteiger partial charge on any atom is 0.0628 e. The molecule has 0 bridgehead atoms. The molecule has 1 saturated carbocycles. The summed E-state index contributed by atoms with van der Waals surface area (Å²) in [6.07, 6.45) is 4.71. The van der Waals surface area contributed by atoms with Crippen LogP contribution < -0.4 is 5.73 Å². The van der Waals surface area contributed by atoms with Crippen molar-refractivity contribution in [3.8, 4) is 0 Å². The first-order chi connectivity index (χ1) is 7.52. The summed E-state index contributed by atoms with van der Waals surface area (Å²) in [4.78, 5) is 0. The van der Waals surface area contributed by atoms with E-state index in [9.17, 15) is 0 Å². The third-order valence-corrected chi connectivity index (χ3v) is 3.06. The zero-order valence-corrected chi connectivity index (χ0v) is 10.7. The van der Waals surface area contributed by atoms with E-state index in [2.05, 4.69) is 31.5 Å². The van der Waals surface area contributed by atoms with E-state index >= 15 is 0 Å². The van der Waals surface area contributed by atoms with Crippen LogP contribution in [-0.2, 0) is 12.0 Å². The summed E-state index contributed by atoms with van der Waals surface area (Å²) < 4.78 is 2.22. The van der Waals surface area contributed by atoms with Crippen LogP contribution in [-0.4, -0.2) is 16.3 Å². The molecule has 90 valence electrons. The molecule has 0 radical (unpaired) electrons. The van der Waals surface area contributed by atoms with Crippen LogP contribution in [0.15, 0.2) is 6.07 Å². The molecule has 0 saturated heterocycles. The van der Waals surface area contributed by atoms with Crippen LogP contribution in [0.4, 0.5) is 0 Å². The lowest BCUT2D eigenvalue weighted by molar-refractivity contribution is 0.341. The van der Waals surface area contributed by atoms with Crippen molar-refractivity contribution in [1.82, 2.24) is 9.78 Å². The van der Waals surface area contributed by atoms with E-state index in [1.165, 1.54) is 24.2 Å². The Morgan fingerprint density at radius 3 is 2.62 bits per heavy atom. The largest absolute Gasteiger partial charge is 0.330 e. The van der Waals surface area contributed by atoms with Gasteiger partial charge in [0.15, 0.2) is 0 Å². The first kappa shape index (κ1) is 11.6. The van der Waals surface area contributed by atoms with E-state index in [0.29, 0.717) is 0 Å². The van der Waals surface area contributed by atoms with Crippen LogP contribution in [0, 0.1) is 0 Å². The standard InChI is InChI=1S/C13H23N3/c1-13(2,3)16-12(10-6-7-10)9-11(15-16)5-4-8-14/h9-10H,4-8,14H2,1-3H3. The molecule has 1 aromatic rings. The van der Waals surface area contributed by atoms with E-state index in [1.54, 1.807) is 0 Å². The smallest absolute Gasteiger partial charge is 0.0628 e. The van der Waals surface area contributed by atoms with E-state index in [1.807, 2.05) is 0 Å². The van der Waals surface area contributed by atoms with Crippen molar-refractivity contribution in [1.29, 1.82) is 0 Å². The van der Waals surface area contributed by atoms with Crippen LogP contribution >= 0.6 is 0 Å². The number of rotatable bonds is 4. The number of nitrogens with zero attached hydrogens (tertiary/aromatic N) is 2. The van der Waals surface area contributed by atoms with E-state index in [4.69, 9.17) is 10.8 Å². The SMILES string of the molecule is CC(C)(C)n1nc(CCCN)cc1C1CC1. The highest BCUT2D eigenvalue weighted by atomic mass is 15.3. The summed E-state index contributed by atoms with van der Waals surface area (Å²) in [7, 11) is 0. The Kier molecular flexibility index (Phi) is 3.06. The van der Waals surface area contributed by atoms with Gasteiger partial charge in [0.25, 0.3) is 0 Å². The molecular formula is C13H23N3. The van der Waals surface area contributed by atoms with Crippen molar-refractivity contribution >= 4 is 0 Å². The maximum atomic E-state index is 5.54. The van der Waals surface area contributed by atoms with Crippen molar-refractivity contribution in [3.05, 3.63) is 17.5 Å². The van der Waals surface area contributed by atoms with Crippen molar-refractivity contribution in [2.45, 2.75) is 57.9 Å². The van der Waals surface area contributed by atoms with Gasteiger partial charge in [-0.15, -0.1) is 0 Å². The van der Waals surface area contributed by atoms with Crippen molar-refractivity contribution in [2.75, 3.05) is 6.54 Å². The first-order valence-electron chi connectivity index (χ1n) is 6.32. The molecule has 0 amide bonds. The Morgan fingerprint density at radius 2 is 2.12 bits per heavy atom. The number of aromatic nitrogens is 2. The minimum Gasteiger partial charge on any atom is -0.330 e. The molecule has 0 aliphatic heterocycles. The summed E-state index contributed by atoms with van der Waals surface area (Å²) in [5.41, 5.74) is 8.28. The van der Waals surface area contributed by atoms with Crippen LogP contribution in [0.1, 0.15) is 57.3 Å².